The van der Waals surface area contributed by atoms with Crippen LogP contribution in [0, 0.1) is 18.6 Å². The highest BCUT2D eigenvalue weighted by Crippen LogP contribution is 2.23. The van der Waals surface area contributed by atoms with Crippen molar-refractivity contribution in [3.8, 4) is 11.5 Å². The zero-order chi connectivity index (χ0) is 19.4. The number of nitrogens with zero attached hydrogens (tertiary/aromatic N) is 3. The van der Waals surface area contributed by atoms with Crippen molar-refractivity contribution in [1.29, 1.82) is 0 Å². The quantitative estimate of drug-likeness (QED) is 0.733. The number of hydrogen-bond donors (Lipinski definition) is 1. The van der Waals surface area contributed by atoms with Crippen LogP contribution in [-0.4, -0.2) is 20.9 Å². The molecule has 0 aliphatic rings. The minimum atomic E-state index is -0.534. The van der Waals surface area contributed by atoms with Crippen LogP contribution in [0.5, 0.6) is 11.5 Å². The Labute approximate surface area is 154 Å². The first-order valence-electron chi connectivity index (χ1n) is 8.17. The molecule has 0 atom stereocenters. The Hall–Kier alpha value is -3.42. The van der Waals surface area contributed by atoms with Gasteiger partial charge >= 0.3 is 0 Å². The van der Waals surface area contributed by atoms with Crippen LogP contribution >= 0.6 is 0 Å². The van der Waals surface area contributed by atoms with Gasteiger partial charge in [-0.1, -0.05) is 6.92 Å². The fourth-order valence-corrected chi connectivity index (χ4v) is 2.29. The van der Waals surface area contributed by atoms with Gasteiger partial charge in [0.2, 0.25) is 0 Å². The normalized spacial score (nSPS) is 10.5. The molecule has 3 aromatic heterocycles. The molecule has 1 N–H and O–H groups in total. The van der Waals surface area contributed by atoms with Gasteiger partial charge in [0.25, 0.3) is 5.91 Å². The number of ether oxygens (including phenoxy) is 1. The summed E-state index contributed by atoms with van der Waals surface area (Å²) < 4.78 is 32.2. The van der Waals surface area contributed by atoms with Crippen LogP contribution in [-0.2, 0) is 6.42 Å². The molecule has 138 valence electrons. The van der Waals surface area contributed by atoms with Gasteiger partial charge in [0.15, 0.2) is 0 Å². The molecule has 0 aromatic carbocycles. The molecule has 0 fully saturated rings. The Morgan fingerprint density at radius 1 is 1.11 bits per heavy atom. The highest BCUT2D eigenvalue weighted by molar-refractivity contribution is 6.02. The zero-order valence-corrected chi connectivity index (χ0v) is 14.7. The van der Waals surface area contributed by atoms with Crippen LogP contribution in [0.3, 0.4) is 0 Å². The summed E-state index contributed by atoms with van der Waals surface area (Å²) in [6, 6.07) is 5.69. The molecule has 0 bridgehead atoms. The molecule has 1 amide bonds. The second-order valence-corrected chi connectivity index (χ2v) is 5.75. The third kappa shape index (κ3) is 4.60. The van der Waals surface area contributed by atoms with E-state index in [9.17, 15) is 13.6 Å². The van der Waals surface area contributed by atoms with E-state index in [0.29, 0.717) is 23.4 Å². The first-order valence-corrected chi connectivity index (χ1v) is 8.17. The van der Waals surface area contributed by atoms with Crippen molar-refractivity contribution in [2.45, 2.75) is 20.3 Å². The van der Waals surface area contributed by atoms with E-state index in [1.807, 2.05) is 6.92 Å². The Bertz CT molecular complexity index is 995. The van der Waals surface area contributed by atoms with Crippen LogP contribution in [0.1, 0.15) is 28.7 Å². The number of amides is 1. The number of nitrogens with one attached hydrogen (secondary N) is 1. The van der Waals surface area contributed by atoms with E-state index in [1.54, 1.807) is 13.0 Å². The molecule has 0 spiro atoms. The fraction of sp³-hybridized carbons (Fsp3) is 0.158. The van der Waals surface area contributed by atoms with E-state index in [1.165, 1.54) is 24.4 Å². The predicted molar refractivity (Wildman–Crippen MR) is 94.8 cm³/mol. The third-order valence-corrected chi connectivity index (χ3v) is 3.65. The molecule has 27 heavy (non-hydrogen) atoms. The molecule has 0 saturated heterocycles. The summed E-state index contributed by atoms with van der Waals surface area (Å²) in [6.45, 7) is 3.45. The maximum atomic E-state index is 13.3. The SMILES string of the molecule is CCc1cc(Oc2cncc(F)c2)cc(C(=O)Nc2cc(C)c(F)cn2)n1. The fourth-order valence-electron chi connectivity index (χ4n) is 2.29. The van der Waals surface area contributed by atoms with Crippen LogP contribution in [0.15, 0.2) is 42.9 Å². The minimum absolute atomic E-state index is 0.0949. The van der Waals surface area contributed by atoms with Crippen LogP contribution in [0.2, 0.25) is 0 Å². The smallest absolute Gasteiger partial charge is 0.275 e. The third-order valence-electron chi connectivity index (χ3n) is 3.65. The van der Waals surface area contributed by atoms with E-state index < -0.39 is 17.5 Å². The van der Waals surface area contributed by atoms with Crippen molar-refractivity contribution in [2.75, 3.05) is 5.32 Å². The van der Waals surface area contributed by atoms with Gasteiger partial charge in [0.05, 0.1) is 18.6 Å². The van der Waals surface area contributed by atoms with Crippen molar-refractivity contribution in [1.82, 2.24) is 15.0 Å². The molecule has 0 radical (unpaired) electrons. The summed E-state index contributed by atoms with van der Waals surface area (Å²) in [5.74, 6) is -0.787. The Kier molecular flexibility index (Phi) is 5.35. The Morgan fingerprint density at radius 2 is 1.93 bits per heavy atom. The second kappa shape index (κ2) is 7.86. The largest absolute Gasteiger partial charge is 0.455 e. The number of rotatable bonds is 5. The molecule has 0 saturated carbocycles. The molecule has 8 heteroatoms. The summed E-state index contributed by atoms with van der Waals surface area (Å²) in [6.07, 6.45) is 4.02. The van der Waals surface area contributed by atoms with E-state index in [4.69, 9.17) is 4.74 Å². The number of carbonyl (C=O) groups is 1. The highest BCUT2D eigenvalue weighted by Gasteiger charge is 2.13. The van der Waals surface area contributed by atoms with Crippen molar-refractivity contribution >= 4 is 11.7 Å². The summed E-state index contributed by atoms with van der Waals surface area (Å²) in [5, 5.41) is 2.57. The number of halogens is 2. The van der Waals surface area contributed by atoms with E-state index in [0.717, 1.165) is 12.4 Å². The van der Waals surface area contributed by atoms with Gasteiger partial charge in [-0.2, -0.15) is 0 Å². The lowest BCUT2D eigenvalue weighted by Crippen LogP contribution is -2.15. The molecule has 6 nitrogen and oxygen atoms in total. The lowest BCUT2D eigenvalue weighted by Gasteiger charge is -2.10. The monoisotopic (exact) mass is 370 g/mol. The van der Waals surface area contributed by atoms with Gasteiger partial charge < -0.3 is 10.1 Å². The maximum absolute atomic E-state index is 13.3. The topological polar surface area (TPSA) is 77.0 Å². The zero-order valence-electron chi connectivity index (χ0n) is 14.7. The van der Waals surface area contributed by atoms with Crippen molar-refractivity contribution < 1.29 is 18.3 Å². The van der Waals surface area contributed by atoms with Crippen molar-refractivity contribution in [3.05, 3.63) is 71.4 Å². The number of anilines is 1. The average molecular weight is 370 g/mol. The number of carbonyl (C=O) groups excluding carboxylic acids is 1. The molecule has 3 heterocycles. The Morgan fingerprint density at radius 3 is 2.63 bits per heavy atom. The predicted octanol–water partition coefficient (Wildman–Crippen LogP) is 4.07. The second-order valence-electron chi connectivity index (χ2n) is 5.75. The van der Waals surface area contributed by atoms with Crippen LogP contribution < -0.4 is 10.1 Å². The minimum Gasteiger partial charge on any atom is -0.455 e. The lowest BCUT2D eigenvalue weighted by atomic mass is 10.2. The summed E-state index contributed by atoms with van der Waals surface area (Å²) in [7, 11) is 0. The van der Waals surface area contributed by atoms with E-state index in [-0.39, 0.29) is 17.3 Å². The summed E-state index contributed by atoms with van der Waals surface area (Å²) in [5.41, 5.74) is 1.07. The maximum Gasteiger partial charge on any atom is 0.275 e. The molecular weight excluding hydrogens is 354 g/mol. The van der Waals surface area contributed by atoms with Gasteiger partial charge in [-0.3, -0.25) is 9.78 Å². The summed E-state index contributed by atoms with van der Waals surface area (Å²) >= 11 is 0. The number of hydrogen-bond acceptors (Lipinski definition) is 5. The molecule has 3 rings (SSSR count). The average Bonchev–Trinajstić information content (AvgIpc) is 2.64. The number of aromatic nitrogens is 3. The van der Waals surface area contributed by atoms with Gasteiger partial charge in [-0.05, 0) is 25.0 Å². The highest BCUT2D eigenvalue weighted by atomic mass is 19.1. The first-order chi connectivity index (χ1) is 12.9. The van der Waals surface area contributed by atoms with Crippen molar-refractivity contribution in [2.24, 2.45) is 0 Å². The van der Waals surface area contributed by atoms with Gasteiger partial charge in [0, 0.05) is 23.9 Å². The molecular formula is C19H16F2N4O2. The molecule has 0 aliphatic heterocycles. The first kappa shape index (κ1) is 18.4. The molecule has 3 aromatic rings. The van der Waals surface area contributed by atoms with Gasteiger partial charge in [-0.15, -0.1) is 0 Å². The van der Waals surface area contributed by atoms with E-state index in [2.05, 4.69) is 20.3 Å². The van der Waals surface area contributed by atoms with E-state index >= 15 is 0 Å². The Balaban J connectivity index is 1.85. The lowest BCUT2D eigenvalue weighted by molar-refractivity contribution is 0.102. The van der Waals surface area contributed by atoms with Crippen LogP contribution in [0.25, 0.3) is 0 Å². The molecule has 0 aliphatic carbocycles. The van der Waals surface area contributed by atoms with Gasteiger partial charge in [0.1, 0.15) is 34.6 Å². The van der Waals surface area contributed by atoms with Crippen molar-refractivity contribution in [3.63, 3.8) is 0 Å². The standard InChI is InChI=1S/C19H16F2N4O2/c1-3-13-6-14(27-15-5-12(20)8-22-9-15)7-17(24-13)19(26)25-18-4-11(2)16(21)10-23-18/h4-10H,3H2,1-2H3,(H,23,25,26). The molecule has 0 unspecified atom stereocenters. The van der Waals surface area contributed by atoms with Crippen LogP contribution in [0.4, 0.5) is 14.6 Å². The number of aryl methyl sites for hydroxylation is 2. The number of pyridine rings is 3. The summed E-state index contributed by atoms with van der Waals surface area (Å²) in [4.78, 5) is 24.3. The van der Waals surface area contributed by atoms with Gasteiger partial charge in [-0.25, -0.2) is 18.7 Å².